The molecule has 2 aliphatic rings. The fourth-order valence-electron chi connectivity index (χ4n) is 6.00. The Kier molecular flexibility index (Phi) is 8.75. The number of rotatable bonds is 6. The molecule has 0 unspecified atom stereocenters. The first kappa shape index (κ1) is 21.7. The molecule has 1 heterocycles. The van der Waals surface area contributed by atoms with Crippen LogP contribution in [0.25, 0.3) is 0 Å². The molecule has 2 rings (SSSR count). The molecule has 0 atom stereocenters. The minimum Gasteiger partial charge on any atom is -0.454 e. The molecule has 0 radical (unpaired) electrons. The maximum absolute atomic E-state index is 7.67. The van der Waals surface area contributed by atoms with Crippen LogP contribution in [0.4, 0.5) is 0 Å². The standard InChI is InChI=1S/C22H46OSi2/c1-5-24(20-16-12-9-13-17-21-24)23-25(6-2,7-3)22(4)18-14-10-8-11-15-19-22/h5-21H2,1-4H3. The molecule has 0 aromatic heterocycles. The second kappa shape index (κ2) is 10.1. The molecule has 0 bridgehead atoms. The molecule has 0 aromatic rings. The van der Waals surface area contributed by atoms with E-state index in [1.165, 1.54) is 107 Å². The molecular formula is C22H46OSi2. The van der Waals surface area contributed by atoms with E-state index in [2.05, 4.69) is 27.7 Å². The molecule has 0 N–H and O–H groups in total. The lowest BCUT2D eigenvalue weighted by Crippen LogP contribution is -2.57. The average molecular weight is 383 g/mol. The van der Waals surface area contributed by atoms with Crippen LogP contribution in [0.3, 0.4) is 0 Å². The summed E-state index contributed by atoms with van der Waals surface area (Å²) in [5.74, 6) is 0. The second-order valence-corrected chi connectivity index (χ2v) is 18.9. The normalized spacial score (nSPS) is 25.4. The zero-order valence-electron chi connectivity index (χ0n) is 17.9. The molecule has 0 amide bonds. The van der Waals surface area contributed by atoms with Gasteiger partial charge in [-0.1, -0.05) is 91.9 Å². The number of hydrogen-bond donors (Lipinski definition) is 0. The zero-order valence-corrected chi connectivity index (χ0v) is 19.9. The average Bonchev–Trinajstić information content (AvgIpc) is 2.58. The van der Waals surface area contributed by atoms with E-state index in [0.29, 0.717) is 5.04 Å². The Balaban J connectivity index is 2.26. The molecule has 1 aliphatic heterocycles. The van der Waals surface area contributed by atoms with E-state index < -0.39 is 16.6 Å². The monoisotopic (exact) mass is 382 g/mol. The Morgan fingerprint density at radius 3 is 1.60 bits per heavy atom. The highest BCUT2D eigenvalue weighted by molar-refractivity contribution is 6.88. The van der Waals surface area contributed by atoms with E-state index in [-0.39, 0.29) is 0 Å². The lowest BCUT2D eigenvalue weighted by molar-refractivity contribution is 0.349. The zero-order chi connectivity index (χ0) is 18.2. The van der Waals surface area contributed by atoms with Crippen molar-refractivity contribution in [2.75, 3.05) is 0 Å². The van der Waals surface area contributed by atoms with E-state index in [9.17, 15) is 0 Å². The van der Waals surface area contributed by atoms with Crippen LogP contribution in [-0.4, -0.2) is 16.6 Å². The summed E-state index contributed by atoms with van der Waals surface area (Å²) in [6, 6.07) is 7.02. The van der Waals surface area contributed by atoms with Gasteiger partial charge in [-0.15, -0.1) is 0 Å². The fraction of sp³-hybridized carbons (Fsp3) is 1.00. The Hall–Kier alpha value is 0.394. The summed E-state index contributed by atoms with van der Waals surface area (Å²) < 4.78 is 7.67. The van der Waals surface area contributed by atoms with Gasteiger partial charge in [-0.05, 0) is 48.1 Å². The van der Waals surface area contributed by atoms with Gasteiger partial charge in [-0.3, -0.25) is 0 Å². The highest BCUT2D eigenvalue weighted by Gasteiger charge is 2.52. The van der Waals surface area contributed by atoms with Crippen molar-refractivity contribution >= 4 is 16.6 Å². The van der Waals surface area contributed by atoms with Crippen LogP contribution in [0.15, 0.2) is 0 Å². The van der Waals surface area contributed by atoms with Crippen LogP contribution < -0.4 is 0 Å². The summed E-state index contributed by atoms with van der Waals surface area (Å²) in [4.78, 5) is 0. The van der Waals surface area contributed by atoms with Gasteiger partial charge in [0.25, 0.3) is 0 Å². The van der Waals surface area contributed by atoms with Gasteiger partial charge in [-0.25, -0.2) is 0 Å². The van der Waals surface area contributed by atoms with Gasteiger partial charge >= 0.3 is 0 Å². The summed E-state index contributed by atoms with van der Waals surface area (Å²) in [6.45, 7) is 10.1. The highest BCUT2D eigenvalue weighted by atomic mass is 28.4. The van der Waals surface area contributed by atoms with Crippen LogP contribution in [0.5, 0.6) is 0 Å². The van der Waals surface area contributed by atoms with Crippen LogP contribution in [-0.2, 0) is 4.12 Å². The largest absolute Gasteiger partial charge is 0.454 e. The SMILES string of the molecule is CC[Si]1(O[Si](CC)(CC)C2(C)CCCCCCC2)CCCCCCC1. The Labute approximate surface area is 161 Å². The van der Waals surface area contributed by atoms with Crippen LogP contribution >= 0.6 is 0 Å². The van der Waals surface area contributed by atoms with E-state index in [0.717, 1.165) is 0 Å². The Morgan fingerprint density at radius 2 is 1.16 bits per heavy atom. The summed E-state index contributed by atoms with van der Waals surface area (Å²) in [5.41, 5.74) is 0. The molecule has 25 heavy (non-hydrogen) atoms. The lowest BCUT2D eigenvalue weighted by Gasteiger charge is -2.52. The first-order valence-corrected chi connectivity index (χ1v) is 16.6. The van der Waals surface area contributed by atoms with Gasteiger partial charge in [0.05, 0.1) is 0 Å². The maximum Gasteiger partial charge on any atom is 0.185 e. The van der Waals surface area contributed by atoms with Gasteiger partial charge in [-0.2, -0.15) is 0 Å². The maximum atomic E-state index is 7.67. The Morgan fingerprint density at radius 1 is 0.720 bits per heavy atom. The van der Waals surface area contributed by atoms with Gasteiger partial charge in [0.2, 0.25) is 0 Å². The van der Waals surface area contributed by atoms with Crippen LogP contribution in [0.2, 0.25) is 35.3 Å². The molecule has 0 aromatic carbocycles. The lowest BCUT2D eigenvalue weighted by atomic mass is 9.91. The van der Waals surface area contributed by atoms with Crippen molar-refractivity contribution in [3.63, 3.8) is 0 Å². The molecule has 1 saturated heterocycles. The van der Waals surface area contributed by atoms with Crippen molar-refractivity contribution in [2.45, 2.75) is 140 Å². The topological polar surface area (TPSA) is 9.23 Å². The minimum atomic E-state index is -1.68. The third-order valence-electron chi connectivity index (χ3n) is 8.02. The van der Waals surface area contributed by atoms with Crippen molar-refractivity contribution in [3.05, 3.63) is 0 Å². The van der Waals surface area contributed by atoms with E-state index in [1.54, 1.807) is 0 Å². The van der Waals surface area contributed by atoms with Crippen molar-refractivity contribution < 1.29 is 4.12 Å². The first-order chi connectivity index (χ1) is 12.1. The summed E-state index contributed by atoms with van der Waals surface area (Å²) in [5, 5.41) is 0.536. The molecule has 1 nitrogen and oxygen atoms in total. The summed E-state index contributed by atoms with van der Waals surface area (Å²) in [6.07, 6.45) is 17.5. The van der Waals surface area contributed by atoms with Crippen LogP contribution in [0.1, 0.15) is 105 Å². The third kappa shape index (κ3) is 5.22. The van der Waals surface area contributed by atoms with Crippen molar-refractivity contribution in [3.8, 4) is 0 Å². The predicted octanol–water partition coefficient (Wildman–Crippen LogP) is 8.42. The fourth-order valence-corrected chi connectivity index (χ4v) is 19.1. The van der Waals surface area contributed by atoms with Gasteiger partial charge in [0.15, 0.2) is 16.6 Å². The molecule has 1 saturated carbocycles. The van der Waals surface area contributed by atoms with E-state index in [4.69, 9.17) is 4.12 Å². The molecule has 148 valence electrons. The number of hydrogen-bond acceptors (Lipinski definition) is 1. The molecular weight excluding hydrogens is 336 g/mol. The van der Waals surface area contributed by atoms with Crippen LogP contribution in [0, 0.1) is 0 Å². The van der Waals surface area contributed by atoms with E-state index in [1.807, 2.05) is 0 Å². The summed E-state index contributed by atoms with van der Waals surface area (Å²) in [7, 11) is -3.19. The second-order valence-electron chi connectivity index (χ2n) is 9.44. The molecule has 0 spiro atoms. The highest BCUT2D eigenvalue weighted by Crippen LogP contribution is 2.54. The van der Waals surface area contributed by atoms with Gasteiger partial charge in [0.1, 0.15) is 0 Å². The predicted molar refractivity (Wildman–Crippen MR) is 117 cm³/mol. The van der Waals surface area contributed by atoms with Crippen molar-refractivity contribution in [1.82, 2.24) is 0 Å². The third-order valence-corrected chi connectivity index (χ3v) is 20.1. The molecule has 2 fully saturated rings. The van der Waals surface area contributed by atoms with Gasteiger partial charge < -0.3 is 4.12 Å². The van der Waals surface area contributed by atoms with Gasteiger partial charge in [0, 0.05) is 0 Å². The first-order valence-electron chi connectivity index (χ1n) is 11.8. The quantitative estimate of drug-likeness (QED) is 0.419. The molecule has 1 aliphatic carbocycles. The van der Waals surface area contributed by atoms with Crippen molar-refractivity contribution in [1.29, 1.82) is 0 Å². The minimum absolute atomic E-state index is 0.536. The van der Waals surface area contributed by atoms with Crippen molar-refractivity contribution in [2.24, 2.45) is 0 Å². The smallest absolute Gasteiger partial charge is 0.185 e. The van der Waals surface area contributed by atoms with E-state index >= 15 is 0 Å². The Bertz CT molecular complexity index is 362. The summed E-state index contributed by atoms with van der Waals surface area (Å²) >= 11 is 0. The molecule has 3 heteroatoms.